The van der Waals surface area contributed by atoms with Crippen LogP contribution >= 0.6 is 11.3 Å². The maximum atomic E-state index is 12.0. The number of aromatic carboxylic acids is 1. The highest BCUT2D eigenvalue weighted by Crippen LogP contribution is 2.25. The fourth-order valence-electron chi connectivity index (χ4n) is 2.03. The Morgan fingerprint density at radius 3 is 2.26 bits per heavy atom. The van der Waals surface area contributed by atoms with Crippen LogP contribution < -0.4 is 15.2 Å². The first-order valence-electron chi connectivity index (χ1n) is 7.62. The smallest absolute Gasteiger partial charge is 0.348 e. The SMILES string of the molecule is COc1ccccc1N.O=C(O)c1sccc1NS(=O)(=O)c1ccccc1. The van der Waals surface area contributed by atoms with Crippen molar-refractivity contribution in [3.63, 3.8) is 0 Å². The quantitative estimate of drug-likeness (QED) is 0.558. The Hall–Kier alpha value is -3.04. The molecule has 0 unspecified atom stereocenters. The molecule has 0 aliphatic heterocycles. The van der Waals surface area contributed by atoms with Gasteiger partial charge < -0.3 is 15.6 Å². The second-order valence-corrected chi connectivity index (χ2v) is 7.73. The number of carboxylic acids is 1. The van der Waals surface area contributed by atoms with Crippen molar-refractivity contribution in [3.8, 4) is 5.75 Å². The molecule has 7 nitrogen and oxygen atoms in total. The third kappa shape index (κ3) is 5.47. The number of benzene rings is 2. The van der Waals surface area contributed by atoms with E-state index < -0.39 is 16.0 Å². The van der Waals surface area contributed by atoms with Gasteiger partial charge in [-0.3, -0.25) is 4.72 Å². The van der Waals surface area contributed by atoms with Crippen LogP contribution in [0.5, 0.6) is 5.75 Å². The third-order valence-electron chi connectivity index (χ3n) is 3.30. The van der Waals surface area contributed by atoms with Crippen LogP contribution in [0.3, 0.4) is 0 Å². The molecule has 4 N–H and O–H groups in total. The molecule has 1 heterocycles. The van der Waals surface area contributed by atoms with Crippen LogP contribution in [-0.2, 0) is 10.0 Å². The van der Waals surface area contributed by atoms with E-state index in [1.807, 2.05) is 18.2 Å². The fraction of sp³-hybridized carbons (Fsp3) is 0.0556. The van der Waals surface area contributed by atoms with E-state index in [-0.39, 0.29) is 15.5 Å². The Morgan fingerprint density at radius 2 is 1.70 bits per heavy atom. The Balaban J connectivity index is 0.000000244. The lowest BCUT2D eigenvalue weighted by Crippen LogP contribution is -2.14. The van der Waals surface area contributed by atoms with E-state index in [1.165, 1.54) is 23.6 Å². The highest BCUT2D eigenvalue weighted by Gasteiger charge is 2.19. The minimum atomic E-state index is -3.75. The lowest BCUT2D eigenvalue weighted by atomic mass is 10.3. The zero-order valence-corrected chi connectivity index (χ0v) is 16.0. The fourth-order valence-corrected chi connectivity index (χ4v) is 3.87. The van der Waals surface area contributed by atoms with Crippen LogP contribution in [0.2, 0.25) is 0 Å². The van der Waals surface area contributed by atoms with Gasteiger partial charge >= 0.3 is 5.97 Å². The Labute approximate surface area is 161 Å². The summed E-state index contributed by atoms with van der Waals surface area (Å²) in [6.07, 6.45) is 0. The Morgan fingerprint density at radius 1 is 1.07 bits per heavy atom. The van der Waals surface area contributed by atoms with Gasteiger partial charge in [-0.15, -0.1) is 11.3 Å². The van der Waals surface area contributed by atoms with Gasteiger partial charge in [0.15, 0.2) is 0 Å². The molecule has 142 valence electrons. The molecule has 0 saturated heterocycles. The van der Waals surface area contributed by atoms with Crippen LogP contribution in [0.1, 0.15) is 9.67 Å². The second-order valence-electron chi connectivity index (χ2n) is 5.13. The van der Waals surface area contributed by atoms with Gasteiger partial charge in [0.2, 0.25) is 0 Å². The summed E-state index contributed by atoms with van der Waals surface area (Å²) in [6.45, 7) is 0. The largest absolute Gasteiger partial charge is 0.495 e. The number of nitrogens with one attached hydrogen (secondary N) is 1. The van der Waals surface area contributed by atoms with Crippen molar-refractivity contribution in [1.29, 1.82) is 0 Å². The maximum absolute atomic E-state index is 12.0. The lowest BCUT2D eigenvalue weighted by Gasteiger charge is -2.07. The van der Waals surface area contributed by atoms with Gasteiger partial charge in [0, 0.05) is 0 Å². The highest BCUT2D eigenvalue weighted by atomic mass is 32.2. The van der Waals surface area contributed by atoms with Crippen LogP contribution in [0.4, 0.5) is 11.4 Å². The number of thiophene rings is 1. The average molecular weight is 406 g/mol. The summed E-state index contributed by atoms with van der Waals surface area (Å²) in [4.78, 5) is 10.9. The number of ether oxygens (including phenoxy) is 1. The molecular formula is C18H18N2O5S2. The van der Waals surface area contributed by atoms with Crippen molar-refractivity contribution in [2.45, 2.75) is 4.90 Å². The number of anilines is 2. The Bertz CT molecular complexity index is 1000. The molecule has 0 amide bonds. The van der Waals surface area contributed by atoms with E-state index in [0.29, 0.717) is 5.69 Å². The molecule has 9 heteroatoms. The summed E-state index contributed by atoms with van der Waals surface area (Å²) >= 11 is 0.967. The molecule has 0 fully saturated rings. The monoisotopic (exact) mass is 406 g/mol. The molecule has 0 radical (unpaired) electrons. The van der Waals surface area contributed by atoms with Gasteiger partial charge in [0.05, 0.1) is 23.4 Å². The number of rotatable bonds is 5. The number of carbonyl (C=O) groups is 1. The summed E-state index contributed by atoms with van der Waals surface area (Å²) in [5, 5.41) is 10.4. The van der Waals surface area contributed by atoms with Crippen LogP contribution in [-0.4, -0.2) is 26.6 Å². The number of nitrogens with two attached hydrogens (primary N) is 1. The molecule has 3 rings (SSSR count). The molecular weight excluding hydrogens is 388 g/mol. The van der Waals surface area contributed by atoms with Gasteiger partial charge in [-0.1, -0.05) is 30.3 Å². The zero-order chi connectivity index (χ0) is 19.9. The van der Waals surface area contributed by atoms with Crippen LogP contribution in [0, 0.1) is 0 Å². The van der Waals surface area contributed by atoms with E-state index in [4.69, 9.17) is 15.6 Å². The van der Waals surface area contributed by atoms with Gasteiger partial charge in [-0.05, 0) is 35.7 Å². The topological polar surface area (TPSA) is 119 Å². The Kier molecular flexibility index (Phi) is 6.80. The first-order valence-corrected chi connectivity index (χ1v) is 9.98. The number of carboxylic acid groups (broad SMARTS) is 1. The molecule has 0 aliphatic carbocycles. The van der Waals surface area contributed by atoms with Crippen molar-refractivity contribution < 1.29 is 23.1 Å². The van der Waals surface area contributed by atoms with Gasteiger partial charge in [0.1, 0.15) is 10.6 Å². The van der Waals surface area contributed by atoms with Crippen molar-refractivity contribution >= 4 is 38.7 Å². The van der Waals surface area contributed by atoms with E-state index in [0.717, 1.165) is 17.1 Å². The average Bonchev–Trinajstić information content (AvgIpc) is 3.11. The van der Waals surface area contributed by atoms with Gasteiger partial charge in [-0.25, -0.2) is 13.2 Å². The molecule has 3 aromatic rings. The van der Waals surface area contributed by atoms with Crippen LogP contribution in [0.15, 0.2) is 70.9 Å². The molecule has 27 heavy (non-hydrogen) atoms. The van der Waals surface area contributed by atoms with Crippen molar-refractivity contribution in [1.82, 2.24) is 0 Å². The van der Waals surface area contributed by atoms with E-state index >= 15 is 0 Å². The summed E-state index contributed by atoms with van der Waals surface area (Å²) in [5.41, 5.74) is 6.27. The lowest BCUT2D eigenvalue weighted by molar-refractivity contribution is 0.0703. The number of nitrogen functional groups attached to an aromatic ring is 1. The molecule has 0 atom stereocenters. The van der Waals surface area contributed by atoms with Crippen molar-refractivity contribution in [2.24, 2.45) is 0 Å². The maximum Gasteiger partial charge on any atom is 0.348 e. The van der Waals surface area contributed by atoms with Gasteiger partial charge in [-0.2, -0.15) is 0 Å². The summed E-state index contributed by atoms with van der Waals surface area (Å²) in [5.74, 6) is -0.423. The number of hydrogen-bond acceptors (Lipinski definition) is 6. The number of hydrogen-bond donors (Lipinski definition) is 3. The summed E-state index contributed by atoms with van der Waals surface area (Å²) < 4.78 is 31.1. The van der Waals surface area contributed by atoms with Gasteiger partial charge in [0.25, 0.3) is 10.0 Å². The first kappa shape index (κ1) is 20.3. The number of methoxy groups -OCH3 is 1. The molecule has 2 aromatic carbocycles. The predicted molar refractivity (Wildman–Crippen MR) is 106 cm³/mol. The second kappa shape index (κ2) is 9.06. The van der Waals surface area contributed by atoms with E-state index in [2.05, 4.69) is 4.72 Å². The zero-order valence-electron chi connectivity index (χ0n) is 14.3. The molecule has 0 spiro atoms. The first-order chi connectivity index (χ1) is 12.8. The normalized spacial score (nSPS) is 10.4. The van der Waals surface area contributed by atoms with Crippen molar-refractivity contribution in [3.05, 3.63) is 70.9 Å². The number of sulfonamides is 1. The molecule has 1 aromatic heterocycles. The minimum Gasteiger partial charge on any atom is -0.495 e. The predicted octanol–water partition coefficient (Wildman–Crippen LogP) is 3.52. The summed E-state index contributed by atoms with van der Waals surface area (Å²) in [6, 6.07) is 16.6. The summed E-state index contributed by atoms with van der Waals surface area (Å²) in [7, 11) is -2.14. The molecule has 0 bridgehead atoms. The highest BCUT2D eigenvalue weighted by molar-refractivity contribution is 7.92. The molecule has 0 aliphatic rings. The van der Waals surface area contributed by atoms with E-state index in [1.54, 1.807) is 31.4 Å². The number of para-hydroxylation sites is 2. The van der Waals surface area contributed by atoms with Crippen molar-refractivity contribution in [2.75, 3.05) is 17.6 Å². The van der Waals surface area contributed by atoms with E-state index in [9.17, 15) is 13.2 Å². The standard InChI is InChI=1S/C11H9NO4S2.C7H9NO/c13-11(14)10-9(6-7-17-10)12-18(15,16)8-4-2-1-3-5-8;1-9-7-5-3-2-4-6(7)8/h1-7,12H,(H,13,14);2-5H,8H2,1H3. The molecule has 0 saturated carbocycles. The van der Waals surface area contributed by atoms with Crippen LogP contribution in [0.25, 0.3) is 0 Å². The minimum absolute atomic E-state index is 0.0329. The third-order valence-corrected chi connectivity index (χ3v) is 5.58.